The van der Waals surface area contributed by atoms with E-state index in [2.05, 4.69) is 23.9 Å². The van der Waals surface area contributed by atoms with E-state index in [-0.39, 0.29) is 17.9 Å². The molecule has 1 aromatic carbocycles. The molecule has 1 N–H and O–H groups in total. The zero-order valence-electron chi connectivity index (χ0n) is 22.4. The fourth-order valence-corrected chi connectivity index (χ4v) is 5.31. The maximum absolute atomic E-state index is 10.6. The van der Waals surface area contributed by atoms with E-state index in [0.29, 0.717) is 0 Å². The average Bonchev–Trinajstić information content (AvgIpc) is 2.83. The molecule has 5 heteroatoms. The smallest absolute Gasteiger partial charge is 0.127 e. The molecule has 0 bridgehead atoms. The van der Waals surface area contributed by atoms with Gasteiger partial charge in [-0.1, -0.05) is 95.5 Å². The highest BCUT2D eigenvalue weighted by atomic mass is 16.5. The maximum Gasteiger partial charge on any atom is 0.127 e. The summed E-state index contributed by atoms with van der Waals surface area (Å²) in [6.45, 7) is 8.61. The third-order valence-electron chi connectivity index (χ3n) is 7.79. The van der Waals surface area contributed by atoms with Crippen molar-refractivity contribution in [3.8, 4) is 11.5 Å². The lowest BCUT2D eigenvalue weighted by atomic mass is 9.84. The van der Waals surface area contributed by atoms with E-state index in [1.165, 1.54) is 89.9 Å². The fraction of sp³-hybridized carbons (Fsp3) is 0.793. The van der Waals surface area contributed by atoms with Crippen LogP contribution in [0.25, 0.3) is 10.4 Å². The maximum atomic E-state index is 10.6. The summed E-state index contributed by atoms with van der Waals surface area (Å²) < 4.78 is 6.57. The highest BCUT2D eigenvalue weighted by Crippen LogP contribution is 2.45. The molecule has 0 amide bonds. The average molecular weight is 472 g/mol. The Hall–Kier alpha value is -1.87. The first-order valence-corrected chi connectivity index (χ1v) is 14.0. The monoisotopic (exact) mass is 471 g/mol. The van der Waals surface area contributed by atoms with E-state index in [0.717, 1.165) is 47.3 Å². The predicted molar refractivity (Wildman–Crippen MR) is 143 cm³/mol. The van der Waals surface area contributed by atoms with Crippen LogP contribution in [0, 0.1) is 13.8 Å². The van der Waals surface area contributed by atoms with Crippen LogP contribution in [0.4, 0.5) is 0 Å². The van der Waals surface area contributed by atoms with Crippen molar-refractivity contribution in [3.63, 3.8) is 0 Å². The second-order valence-electron chi connectivity index (χ2n) is 10.7. The normalized spacial score (nSPS) is 17.2. The zero-order valence-corrected chi connectivity index (χ0v) is 22.4. The molecule has 192 valence electrons. The highest BCUT2D eigenvalue weighted by Gasteiger charge is 2.34. The lowest BCUT2D eigenvalue weighted by Gasteiger charge is -2.38. The Morgan fingerprint density at radius 3 is 1.94 bits per heavy atom. The van der Waals surface area contributed by atoms with Crippen molar-refractivity contribution in [1.29, 1.82) is 0 Å². The van der Waals surface area contributed by atoms with Gasteiger partial charge in [0.25, 0.3) is 0 Å². The Labute approximate surface area is 208 Å². The molecule has 1 aliphatic rings. The van der Waals surface area contributed by atoms with Crippen LogP contribution >= 0.6 is 0 Å². The number of hydrogen-bond acceptors (Lipinski definition) is 3. The molecule has 0 aliphatic carbocycles. The molecular formula is C29H49N3O2. The largest absolute Gasteiger partial charge is 0.507 e. The SMILES string of the molecule is CCCCCCCCCCCCCCCC[C@]1(C)CCc2c(CN=[N+]=[N-])c(O)c(C)c(C)c2O1. The minimum absolute atomic E-state index is 0.159. The molecule has 0 fully saturated rings. The third-order valence-corrected chi connectivity index (χ3v) is 7.79. The molecule has 1 heterocycles. The van der Waals surface area contributed by atoms with Crippen LogP contribution in [0.2, 0.25) is 0 Å². The van der Waals surface area contributed by atoms with E-state index >= 15 is 0 Å². The minimum Gasteiger partial charge on any atom is -0.507 e. The molecule has 1 aliphatic heterocycles. The van der Waals surface area contributed by atoms with Gasteiger partial charge in [0.1, 0.15) is 17.1 Å². The molecule has 1 atom stereocenters. The van der Waals surface area contributed by atoms with Crippen molar-refractivity contribution < 1.29 is 9.84 Å². The summed E-state index contributed by atoms with van der Waals surface area (Å²) in [6.07, 6.45) is 22.1. The van der Waals surface area contributed by atoms with Crippen LogP contribution in [0.3, 0.4) is 0 Å². The first kappa shape index (κ1) is 28.4. The van der Waals surface area contributed by atoms with Gasteiger partial charge in [0.15, 0.2) is 0 Å². The molecule has 5 nitrogen and oxygen atoms in total. The van der Waals surface area contributed by atoms with Crippen molar-refractivity contribution in [2.24, 2.45) is 5.11 Å². The summed E-state index contributed by atoms with van der Waals surface area (Å²) >= 11 is 0. The van der Waals surface area contributed by atoms with Gasteiger partial charge in [-0.15, -0.1) is 0 Å². The molecule has 0 saturated carbocycles. The summed E-state index contributed by atoms with van der Waals surface area (Å²) in [5.74, 6) is 1.15. The number of aromatic hydroxyl groups is 1. The number of nitrogens with zero attached hydrogens (tertiary/aromatic N) is 3. The molecule has 0 saturated heterocycles. The summed E-state index contributed by atoms with van der Waals surface area (Å²) in [4.78, 5) is 2.88. The molecular weight excluding hydrogens is 422 g/mol. The summed E-state index contributed by atoms with van der Waals surface area (Å²) in [5, 5.41) is 14.3. The standard InChI is InChI=1S/C29H49N3O2/c1-5-6-7-8-9-10-11-12-13-14-15-16-17-18-20-29(4)21-19-25-26(22-31-32-30)27(33)23(2)24(3)28(25)34-29/h33H,5-22H2,1-4H3/t29-/m1/s1. The lowest BCUT2D eigenvalue weighted by molar-refractivity contribution is 0.0520. The Bertz CT molecular complexity index is 801. The first-order valence-electron chi connectivity index (χ1n) is 14.0. The van der Waals surface area contributed by atoms with Gasteiger partial charge in [-0.05, 0) is 63.1 Å². The number of unbranched alkanes of at least 4 members (excludes halogenated alkanes) is 13. The Morgan fingerprint density at radius 1 is 0.882 bits per heavy atom. The topological polar surface area (TPSA) is 78.2 Å². The van der Waals surface area contributed by atoms with Crippen molar-refractivity contribution >= 4 is 0 Å². The van der Waals surface area contributed by atoms with E-state index in [1.807, 2.05) is 13.8 Å². The number of phenolic OH excluding ortho intramolecular Hbond substituents is 1. The van der Waals surface area contributed by atoms with Crippen LogP contribution in [0.1, 0.15) is 139 Å². The van der Waals surface area contributed by atoms with Crippen molar-refractivity contribution in [1.82, 2.24) is 0 Å². The van der Waals surface area contributed by atoms with Crippen molar-refractivity contribution in [2.75, 3.05) is 0 Å². The predicted octanol–water partition coefficient (Wildman–Crippen LogP) is 9.77. The van der Waals surface area contributed by atoms with E-state index < -0.39 is 0 Å². The van der Waals surface area contributed by atoms with Crippen LogP contribution in [-0.4, -0.2) is 10.7 Å². The van der Waals surface area contributed by atoms with Gasteiger partial charge >= 0.3 is 0 Å². The van der Waals surface area contributed by atoms with Gasteiger partial charge in [-0.2, -0.15) is 0 Å². The molecule has 0 aromatic heterocycles. The lowest BCUT2D eigenvalue weighted by Crippen LogP contribution is -2.37. The Morgan fingerprint density at radius 2 is 1.41 bits per heavy atom. The van der Waals surface area contributed by atoms with Crippen LogP contribution < -0.4 is 4.74 Å². The van der Waals surface area contributed by atoms with Gasteiger partial charge in [0.2, 0.25) is 0 Å². The zero-order chi connectivity index (χ0) is 24.8. The molecule has 2 rings (SSSR count). The second-order valence-corrected chi connectivity index (χ2v) is 10.7. The molecule has 34 heavy (non-hydrogen) atoms. The molecule has 0 radical (unpaired) electrons. The summed E-state index contributed by atoms with van der Waals surface area (Å²) in [6, 6.07) is 0. The summed E-state index contributed by atoms with van der Waals surface area (Å²) in [7, 11) is 0. The van der Waals surface area contributed by atoms with E-state index in [9.17, 15) is 5.11 Å². The van der Waals surface area contributed by atoms with Crippen LogP contribution in [0.15, 0.2) is 5.11 Å². The van der Waals surface area contributed by atoms with Gasteiger partial charge in [0, 0.05) is 16.0 Å². The number of ether oxygens (including phenoxy) is 1. The van der Waals surface area contributed by atoms with E-state index in [4.69, 9.17) is 10.3 Å². The van der Waals surface area contributed by atoms with Crippen molar-refractivity contribution in [3.05, 3.63) is 32.7 Å². The summed E-state index contributed by atoms with van der Waals surface area (Å²) in [5.41, 5.74) is 12.1. The van der Waals surface area contributed by atoms with Gasteiger partial charge < -0.3 is 9.84 Å². The molecule has 1 aromatic rings. The van der Waals surface area contributed by atoms with Crippen molar-refractivity contribution in [2.45, 2.75) is 149 Å². The van der Waals surface area contributed by atoms with Gasteiger partial charge in [-0.3, -0.25) is 0 Å². The number of fused-ring (bicyclic) bond motifs is 1. The second kappa shape index (κ2) is 15.2. The number of azide groups is 1. The Kier molecular flexibility index (Phi) is 12.7. The van der Waals surface area contributed by atoms with Gasteiger partial charge in [-0.25, -0.2) is 0 Å². The minimum atomic E-state index is -0.159. The van der Waals surface area contributed by atoms with E-state index in [1.54, 1.807) is 0 Å². The fourth-order valence-electron chi connectivity index (χ4n) is 5.31. The quantitative estimate of drug-likeness (QED) is 0.106. The number of hydrogen-bond donors (Lipinski definition) is 1. The highest BCUT2D eigenvalue weighted by molar-refractivity contribution is 5.58. The number of phenols is 1. The molecule has 0 spiro atoms. The Balaban J connectivity index is 1.67. The molecule has 0 unspecified atom stereocenters. The van der Waals surface area contributed by atoms with Crippen LogP contribution in [-0.2, 0) is 13.0 Å². The third kappa shape index (κ3) is 8.73. The van der Waals surface area contributed by atoms with Crippen LogP contribution in [0.5, 0.6) is 11.5 Å². The number of rotatable bonds is 17. The number of benzene rings is 1. The van der Waals surface area contributed by atoms with Gasteiger partial charge in [0.05, 0.1) is 6.54 Å². The first-order chi connectivity index (χ1) is 16.4.